The number of carbonyl (C=O) groups excluding carboxylic acids is 1. The van der Waals surface area contributed by atoms with Crippen molar-refractivity contribution in [1.82, 2.24) is 0 Å². The van der Waals surface area contributed by atoms with Crippen LogP contribution in [0.3, 0.4) is 0 Å². The van der Waals surface area contributed by atoms with Crippen molar-refractivity contribution < 1.29 is 13.8 Å². The monoisotopic (exact) mass is 287 g/mol. The zero-order valence-corrected chi connectivity index (χ0v) is 12.3. The third-order valence-corrected chi connectivity index (χ3v) is 3.40. The molecule has 0 aliphatic carbocycles. The molecule has 1 heterocycles. The van der Waals surface area contributed by atoms with E-state index in [1.165, 1.54) is 17.7 Å². The van der Waals surface area contributed by atoms with Gasteiger partial charge in [-0.3, -0.25) is 4.79 Å². The number of amides is 1. The maximum Gasteiger partial charge on any atom is 0.293 e. The zero-order chi connectivity index (χ0) is 15.2. The molecule has 1 aromatic heterocycles. The fraction of sp³-hybridized carbons (Fsp3) is 0.294. The van der Waals surface area contributed by atoms with Gasteiger partial charge in [0.1, 0.15) is 5.82 Å². The Morgan fingerprint density at radius 3 is 2.38 bits per heavy atom. The van der Waals surface area contributed by atoms with Gasteiger partial charge in [-0.1, -0.05) is 13.3 Å². The lowest BCUT2D eigenvalue weighted by molar-refractivity contribution is -0.705. The molecule has 0 aliphatic heterocycles. The smallest absolute Gasteiger partial charge is 0.293 e. The first-order valence-electron chi connectivity index (χ1n) is 7.16. The summed E-state index contributed by atoms with van der Waals surface area (Å²) in [7, 11) is 0. The summed E-state index contributed by atoms with van der Waals surface area (Å²) in [5.74, 6) is -0.447. The molecule has 4 heteroatoms. The average Bonchev–Trinajstić information content (AvgIpc) is 2.50. The van der Waals surface area contributed by atoms with Gasteiger partial charge in [-0.05, 0) is 36.2 Å². The molecule has 0 saturated carbocycles. The number of aryl methyl sites for hydroxylation is 1. The standard InChI is InChI=1S/C17H19FN2O/c1-3-4-14-9-11-20(12-10-14)13(2)17(21)19-16-7-5-15(18)6-8-16/h5-13H,3-4H2,1-2H3/p+1/t13-/m0/s1. The molecule has 0 fully saturated rings. The molecule has 0 saturated heterocycles. The van der Waals surface area contributed by atoms with Crippen molar-refractivity contribution in [3.63, 3.8) is 0 Å². The topological polar surface area (TPSA) is 33.0 Å². The summed E-state index contributed by atoms with van der Waals surface area (Å²) in [6, 6.07) is 9.49. The number of halogens is 1. The Morgan fingerprint density at radius 2 is 1.81 bits per heavy atom. The minimum atomic E-state index is -0.328. The molecule has 21 heavy (non-hydrogen) atoms. The fourth-order valence-electron chi connectivity index (χ4n) is 2.10. The van der Waals surface area contributed by atoms with Crippen molar-refractivity contribution in [3.8, 4) is 0 Å². The lowest BCUT2D eigenvalue weighted by atomic mass is 10.1. The van der Waals surface area contributed by atoms with Crippen LogP contribution in [-0.2, 0) is 11.2 Å². The van der Waals surface area contributed by atoms with E-state index in [9.17, 15) is 9.18 Å². The maximum atomic E-state index is 12.8. The normalized spacial score (nSPS) is 12.0. The van der Waals surface area contributed by atoms with Crippen LogP contribution in [-0.4, -0.2) is 5.91 Å². The Kier molecular flexibility index (Phi) is 5.04. The number of nitrogens with zero attached hydrogens (tertiary/aromatic N) is 1. The van der Waals surface area contributed by atoms with Crippen LogP contribution in [0.1, 0.15) is 31.9 Å². The van der Waals surface area contributed by atoms with Crippen LogP contribution in [0.25, 0.3) is 0 Å². The third-order valence-electron chi connectivity index (χ3n) is 3.40. The Morgan fingerprint density at radius 1 is 1.19 bits per heavy atom. The number of rotatable bonds is 5. The van der Waals surface area contributed by atoms with Gasteiger partial charge in [0.15, 0.2) is 12.4 Å². The molecule has 3 nitrogen and oxygen atoms in total. The van der Waals surface area contributed by atoms with Crippen LogP contribution in [0.4, 0.5) is 10.1 Å². The molecule has 0 spiro atoms. The molecule has 1 N–H and O–H groups in total. The SMILES string of the molecule is CCCc1cc[n+]([C@@H](C)C(=O)Nc2ccc(F)cc2)cc1. The summed E-state index contributed by atoms with van der Waals surface area (Å²) in [5, 5.41) is 2.78. The second-order valence-corrected chi connectivity index (χ2v) is 5.08. The van der Waals surface area contributed by atoms with Gasteiger partial charge in [-0.2, -0.15) is 4.57 Å². The van der Waals surface area contributed by atoms with Gasteiger partial charge in [0, 0.05) is 24.7 Å². The number of anilines is 1. The highest BCUT2D eigenvalue weighted by atomic mass is 19.1. The summed E-state index contributed by atoms with van der Waals surface area (Å²) >= 11 is 0. The minimum absolute atomic E-state index is 0.130. The first kappa shape index (κ1) is 15.2. The number of aromatic nitrogens is 1. The van der Waals surface area contributed by atoms with Crippen molar-refractivity contribution in [1.29, 1.82) is 0 Å². The molecule has 2 rings (SSSR count). The van der Waals surface area contributed by atoms with Gasteiger partial charge in [-0.25, -0.2) is 4.39 Å². The Hall–Kier alpha value is -2.23. The number of nitrogens with one attached hydrogen (secondary N) is 1. The summed E-state index contributed by atoms with van der Waals surface area (Å²) in [4.78, 5) is 12.2. The highest BCUT2D eigenvalue weighted by Gasteiger charge is 2.21. The minimum Gasteiger partial charge on any atom is -0.320 e. The number of benzene rings is 1. The van der Waals surface area contributed by atoms with Crippen molar-refractivity contribution in [3.05, 3.63) is 60.2 Å². The zero-order valence-electron chi connectivity index (χ0n) is 12.3. The van der Waals surface area contributed by atoms with Crippen molar-refractivity contribution in [2.45, 2.75) is 32.7 Å². The summed E-state index contributed by atoms with van der Waals surface area (Å²) < 4.78 is 14.7. The number of pyridine rings is 1. The van der Waals surface area contributed by atoms with E-state index >= 15 is 0 Å². The molecule has 2 aromatic rings. The van der Waals surface area contributed by atoms with Crippen LogP contribution in [0.15, 0.2) is 48.8 Å². The largest absolute Gasteiger partial charge is 0.320 e. The summed E-state index contributed by atoms with van der Waals surface area (Å²) in [6.45, 7) is 3.97. The maximum absolute atomic E-state index is 12.8. The van der Waals surface area contributed by atoms with E-state index in [2.05, 4.69) is 12.2 Å². The third kappa shape index (κ3) is 4.12. The van der Waals surface area contributed by atoms with Gasteiger partial charge in [0.25, 0.3) is 5.91 Å². The number of carbonyl (C=O) groups is 1. The van der Waals surface area contributed by atoms with Gasteiger partial charge in [0.05, 0.1) is 0 Å². The van der Waals surface area contributed by atoms with Crippen molar-refractivity contribution in [2.75, 3.05) is 5.32 Å². The van der Waals surface area contributed by atoms with Gasteiger partial charge in [-0.15, -0.1) is 0 Å². The molecule has 0 unspecified atom stereocenters. The second kappa shape index (κ2) is 6.97. The first-order chi connectivity index (χ1) is 10.1. The van der Waals surface area contributed by atoms with E-state index in [0.717, 1.165) is 12.8 Å². The molecule has 110 valence electrons. The van der Waals surface area contributed by atoms with Crippen molar-refractivity contribution in [2.24, 2.45) is 0 Å². The molecule has 0 bridgehead atoms. The van der Waals surface area contributed by atoms with Crippen LogP contribution in [0.2, 0.25) is 0 Å². The number of hydrogen-bond acceptors (Lipinski definition) is 1. The Bertz CT molecular complexity index is 593. The highest BCUT2D eigenvalue weighted by Crippen LogP contribution is 2.10. The summed E-state index contributed by atoms with van der Waals surface area (Å²) in [5.41, 5.74) is 1.86. The van der Waals surface area contributed by atoms with Crippen LogP contribution < -0.4 is 9.88 Å². The second-order valence-electron chi connectivity index (χ2n) is 5.08. The highest BCUT2D eigenvalue weighted by molar-refractivity contribution is 5.92. The molecular weight excluding hydrogens is 267 g/mol. The Labute approximate surface area is 124 Å². The van der Waals surface area contributed by atoms with E-state index < -0.39 is 0 Å². The fourth-order valence-corrected chi connectivity index (χ4v) is 2.10. The van der Waals surface area contributed by atoms with E-state index in [4.69, 9.17) is 0 Å². The van der Waals surface area contributed by atoms with Gasteiger partial charge >= 0.3 is 0 Å². The first-order valence-corrected chi connectivity index (χ1v) is 7.16. The van der Waals surface area contributed by atoms with E-state index in [-0.39, 0.29) is 17.8 Å². The van der Waals surface area contributed by atoms with E-state index in [1.807, 2.05) is 36.0 Å². The molecule has 1 aromatic carbocycles. The molecular formula is C17H20FN2O+. The molecule has 0 radical (unpaired) electrons. The lowest BCUT2D eigenvalue weighted by Crippen LogP contribution is -2.44. The van der Waals surface area contributed by atoms with Crippen LogP contribution >= 0.6 is 0 Å². The van der Waals surface area contributed by atoms with Crippen LogP contribution in [0, 0.1) is 5.82 Å². The van der Waals surface area contributed by atoms with E-state index in [0.29, 0.717) is 5.69 Å². The summed E-state index contributed by atoms with van der Waals surface area (Å²) in [6.07, 6.45) is 5.97. The van der Waals surface area contributed by atoms with Crippen LogP contribution in [0.5, 0.6) is 0 Å². The number of hydrogen-bond donors (Lipinski definition) is 1. The van der Waals surface area contributed by atoms with E-state index in [1.54, 1.807) is 12.1 Å². The Balaban J connectivity index is 2.02. The predicted molar refractivity (Wildman–Crippen MR) is 80.4 cm³/mol. The molecule has 1 atom stereocenters. The molecule has 1 amide bonds. The van der Waals surface area contributed by atoms with Gasteiger partial charge in [0.2, 0.25) is 6.04 Å². The van der Waals surface area contributed by atoms with Gasteiger partial charge < -0.3 is 5.32 Å². The van der Waals surface area contributed by atoms with Crippen molar-refractivity contribution >= 4 is 11.6 Å². The quantitative estimate of drug-likeness (QED) is 0.841. The molecule has 0 aliphatic rings. The average molecular weight is 287 g/mol. The lowest BCUT2D eigenvalue weighted by Gasteiger charge is -2.09. The predicted octanol–water partition coefficient (Wildman–Crippen LogP) is 3.27.